The lowest BCUT2D eigenvalue weighted by Crippen LogP contribution is -2.51. The predicted molar refractivity (Wildman–Crippen MR) is 86.2 cm³/mol. The van der Waals surface area contributed by atoms with Gasteiger partial charge in [0.25, 0.3) is 5.91 Å². The maximum atomic E-state index is 12.4. The van der Waals surface area contributed by atoms with Crippen LogP contribution < -0.4 is 5.32 Å². The van der Waals surface area contributed by atoms with Crippen LogP contribution in [0.25, 0.3) is 0 Å². The van der Waals surface area contributed by atoms with E-state index in [9.17, 15) is 4.79 Å². The van der Waals surface area contributed by atoms with Crippen molar-refractivity contribution in [1.82, 2.24) is 5.32 Å². The van der Waals surface area contributed by atoms with Gasteiger partial charge in [-0.1, -0.05) is 46.8 Å². The highest BCUT2D eigenvalue weighted by Gasteiger charge is 2.33. The summed E-state index contributed by atoms with van der Waals surface area (Å²) in [6.07, 6.45) is 5.68. The van der Waals surface area contributed by atoms with E-state index in [1.807, 2.05) is 0 Å². The minimum absolute atomic E-state index is 0.0371. The third kappa shape index (κ3) is 3.73. The Morgan fingerprint density at radius 3 is 2.58 bits per heavy atom. The molecule has 1 N–H and O–H groups in total. The Balaban J connectivity index is 2.15. The monoisotopic (exact) mass is 407 g/mol. The average Bonchev–Trinajstić information content (AvgIpc) is 2.39. The van der Waals surface area contributed by atoms with Crippen molar-refractivity contribution in [2.45, 2.75) is 37.6 Å². The highest BCUT2D eigenvalue weighted by atomic mass is 79.9. The lowest BCUT2D eigenvalue weighted by molar-refractivity contribution is 0.0885. The summed E-state index contributed by atoms with van der Waals surface area (Å²) in [4.78, 5) is 12.4. The molecule has 0 bridgehead atoms. The van der Waals surface area contributed by atoms with Crippen molar-refractivity contribution in [3.8, 4) is 0 Å². The van der Waals surface area contributed by atoms with Crippen molar-refractivity contribution in [2.24, 2.45) is 0 Å². The number of hydrogen-bond donors (Lipinski definition) is 1. The first-order valence-corrected chi connectivity index (χ1v) is 8.69. The molecule has 0 aromatic heterocycles. The normalized spacial score (nSPS) is 18.1. The van der Waals surface area contributed by atoms with E-state index in [0.717, 1.165) is 22.6 Å². The number of nitrogens with one attached hydrogen (secondary N) is 1. The van der Waals surface area contributed by atoms with E-state index in [4.69, 9.17) is 11.6 Å². The third-order valence-corrected chi connectivity index (χ3v) is 5.59. The van der Waals surface area contributed by atoms with Crippen molar-refractivity contribution in [1.29, 1.82) is 0 Å². The summed E-state index contributed by atoms with van der Waals surface area (Å²) in [6.45, 7) is 0. The molecule has 1 aliphatic rings. The van der Waals surface area contributed by atoms with Crippen LogP contribution in [0, 0.1) is 0 Å². The van der Waals surface area contributed by atoms with Gasteiger partial charge in [-0.05, 0) is 47.0 Å². The van der Waals surface area contributed by atoms with Crippen LogP contribution in [-0.4, -0.2) is 16.8 Å². The summed E-state index contributed by atoms with van der Waals surface area (Å²) in [5.41, 5.74) is 0.532. The van der Waals surface area contributed by atoms with Crippen LogP contribution in [-0.2, 0) is 0 Å². The van der Waals surface area contributed by atoms with Crippen LogP contribution in [0.15, 0.2) is 22.7 Å². The van der Waals surface area contributed by atoms with Gasteiger partial charge >= 0.3 is 0 Å². The molecule has 104 valence electrons. The van der Waals surface area contributed by atoms with Gasteiger partial charge in [-0.3, -0.25) is 4.79 Å². The molecule has 1 amide bonds. The highest BCUT2D eigenvalue weighted by molar-refractivity contribution is 9.10. The molecule has 1 fully saturated rings. The highest BCUT2D eigenvalue weighted by Crippen LogP contribution is 2.31. The number of halogens is 3. The van der Waals surface area contributed by atoms with Crippen molar-refractivity contribution in [3.63, 3.8) is 0 Å². The van der Waals surface area contributed by atoms with Gasteiger partial charge in [-0.15, -0.1) is 0 Å². The van der Waals surface area contributed by atoms with Crippen LogP contribution in [0.3, 0.4) is 0 Å². The van der Waals surface area contributed by atoms with Gasteiger partial charge in [0, 0.05) is 14.8 Å². The summed E-state index contributed by atoms with van der Waals surface area (Å²) in [7, 11) is 0. The summed E-state index contributed by atoms with van der Waals surface area (Å²) < 4.78 is 0.734. The number of carbonyl (C=O) groups excluding carboxylic acids is 1. The Morgan fingerprint density at radius 2 is 2.00 bits per heavy atom. The molecule has 1 aromatic rings. The molecule has 19 heavy (non-hydrogen) atoms. The molecule has 2 rings (SSSR count). The van der Waals surface area contributed by atoms with Crippen molar-refractivity contribution < 1.29 is 4.79 Å². The number of amides is 1. The fourth-order valence-corrected chi connectivity index (χ4v) is 4.07. The zero-order chi connectivity index (χ0) is 13.9. The molecule has 0 unspecified atom stereocenters. The number of alkyl halides is 1. The van der Waals surface area contributed by atoms with E-state index in [0.29, 0.717) is 10.6 Å². The number of carbonyl (C=O) groups is 1. The number of rotatable bonds is 3. The molecule has 0 atom stereocenters. The summed E-state index contributed by atoms with van der Waals surface area (Å²) in [6, 6.07) is 5.24. The molecule has 0 aliphatic heterocycles. The zero-order valence-electron chi connectivity index (χ0n) is 10.5. The molecule has 1 aliphatic carbocycles. The lowest BCUT2D eigenvalue weighted by atomic mass is 9.83. The minimum Gasteiger partial charge on any atom is -0.346 e. The van der Waals surface area contributed by atoms with Gasteiger partial charge in [-0.25, -0.2) is 0 Å². The minimum atomic E-state index is -0.103. The first-order chi connectivity index (χ1) is 9.06. The summed E-state index contributed by atoms with van der Waals surface area (Å²) in [5.74, 6) is -0.0371. The van der Waals surface area contributed by atoms with Crippen LogP contribution in [0.4, 0.5) is 0 Å². The van der Waals surface area contributed by atoms with Crippen LogP contribution in [0.1, 0.15) is 42.5 Å². The summed E-state index contributed by atoms with van der Waals surface area (Å²) >= 11 is 12.8. The molecular weight excluding hydrogens is 393 g/mol. The van der Waals surface area contributed by atoms with Gasteiger partial charge in [0.2, 0.25) is 0 Å². The largest absolute Gasteiger partial charge is 0.346 e. The molecule has 0 spiro atoms. The quantitative estimate of drug-likeness (QED) is 0.705. The van der Waals surface area contributed by atoms with E-state index in [1.54, 1.807) is 18.2 Å². The molecule has 5 heteroatoms. The Bertz CT molecular complexity index is 473. The SMILES string of the molecule is O=C(NC1(CBr)CCCCC1)c1ccc(Cl)cc1Br. The van der Waals surface area contributed by atoms with Gasteiger partial charge < -0.3 is 5.32 Å². The first-order valence-electron chi connectivity index (χ1n) is 6.40. The molecular formula is C14H16Br2ClNO. The Morgan fingerprint density at radius 1 is 1.32 bits per heavy atom. The summed E-state index contributed by atoms with van der Waals surface area (Å²) in [5, 5.41) is 4.62. The van der Waals surface area contributed by atoms with E-state index in [1.165, 1.54) is 19.3 Å². The second-order valence-corrected chi connectivity index (χ2v) is 6.90. The molecule has 1 aromatic carbocycles. The number of benzene rings is 1. The van der Waals surface area contributed by atoms with Crippen molar-refractivity contribution in [3.05, 3.63) is 33.3 Å². The molecule has 2 nitrogen and oxygen atoms in total. The molecule has 0 heterocycles. The lowest BCUT2D eigenvalue weighted by Gasteiger charge is -2.36. The Hall–Kier alpha value is -0.0600. The average molecular weight is 410 g/mol. The Kier molecular flexibility index (Phi) is 5.32. The second-order valence-electron chi connectivity index (χ2n) is 5.05. The number of hydrogen-bond acceptors (Lipinski definition) is 1. The molecule has 1 saturated carbocycles. The molecule has 0 saturated heterocycles. The standard InChI is InChI=1S/C14H16Br2ClNO/c15-9-14(6-2-1-3-7-14)18-13(19)11-5-4-10(17)8-12(11)16/h4-5,8H,1-3,6-7,9H2,(H,18,19). The zero-order valence-corrected chi connectivity index (χ0v) is 14.4. The van der Waals surface area contributed by atoms with E-state index in [2.05, 4.69) is 37.2 Å². The van der Waals surface area contributed by atoms with Gasteiger partial charge in [0.1, 0.15) is 0 Å². The van der Waals surface area contributed by atoms with Crippen LogP contribution >= 0.6 is 43.5 Å². The molecule has 0 radical (unpaired) electrons. The maximum Gasteiger partial charge on any atom is 0.252 e. The topological polar surface area (TPSA) is 29.1 Å². The van der Waals surface area contributed by atoms with Crippen LogP contribution in [0.2, 0.25) is 5.02 Å². The predicted octanol–water partition coefficient (Wildman–Crippen LogP) is 4.93. The van der Waals surface area contributed by atoms with Gasteiger partial charge in [-0.2, -0.15) is 0 Å². The van der Waals surface area contributed by atoms with Crippen molar-refractivity contribution in [2.75, 3.05) is 5.33 Å². The van der Waals surface area contributed by atoms with Gasteiger partial charge in [0.15, 0.2) is 0 Å². The Labute approximate surface area is 135 Å². The van der Waals surface area contributed by atoms with Crippen LogP contribution in [0.5, 0.6) is 0 Å². The maximum absolute atomic E-state index is 12.4. The van der Waals surface area contributed by atoms with E-state index in [-0.39, 0.29) is 11.4 Å². The fourth-order valence-electron chi connectivity index (χ4n) is 2.50. The third-order valence-electron chi connectivity index (χ3n) is 3.62. The van der Waals surface area contributed by atoms with E-state index < -0.39 is 0 Å². The fraction of sp³-hybridized carbons (Fsp3) is 0.500. The van der Waals surface area contributed by atoms with E-state index >= 15 is 0 Å². The van der Waals surface area contributed by atoms with Gasteiger partial charge in [0.05, 0.1) is 11.1 Å². The second kappa shape index (κ2) is 6.59. The van der Waals surface area contributed by atoms with Crippen molar-refractivity contribution >= 4 is 49.4 Å². The first kappa shape index (κ1) is 15.3. The smallest absolute Gasteiger partial charge is 0.252 e.